The molecule has 2 aromatic rings. The van der Waals surface area contributed by atoms with Crippen molar-refractivity contribution in [2.45, 2.75) is 25.6 Å². The molecule has 2 atom stereocenters. The first-order valence-corrected chi connectivity index (χ1v) is 7.86. The van der Waals surface area contributed by atoms with Crippen molar-refractivity contribution in [1.29, 1.82) is 0 Å². The van der Waals surface area contributed by atoms with E-state index in [1.54, 1.807) is 19.1 Å². The predicted molar refractivity (Wildman–Crippen MR) is 83.5 cm³/mol. The molecule has 0 spiro atoms. The summed E-state index contributed by atoms with van der Waals surface area (Å²) >= 11 is 0. The van der Waals surface area contributed by atoms with E-state index in [9.17, 15) is 22.8 Å². The van der Waals surface area contributed by atoms with E-state index in [1.165, 1.54) is 0 Å². The first kappa shape index (κ1) is 17.3. The van der Waals surface area contributed by atoms with E-state index in [2.05, 4.69) is 5.32 Å². The van der Waals surface area contributed by atoms with Gasteiger partial charge in [-0.25, -0.2) is 0 Å². The van der Waals surface area contributed by atoms with E-state index in [0.717, 1.165) is 5.39 Å². The average Bonchev–Trinajstić information content (AvgIpc) is 3.10. The van der Waals surface area contributed by atoms with Crippen molar-refractivity contribution < 1.29 is 27.2 Å². The van der Waals surface area contributed by atoms with E-state index in [0.29, 0.717) is 16.2 Å². The van der Waals surface area contributed by atoms with Gasteiger partial charge in [-0.15, -0.1) is 0 Å². The van der Waals surface area contributed by atoms with Crippen LogP contribution >= 0.6 is 0 Å². The van der Waals surface area contributed by atoms with Crippen molar-refractivity contribution in [1.82, 2.24) is 10.2 Å². The number of likely N-dealkylation sites (tertiary alicyclic amines) is 1. The van der Waals surface area contributed by atoms with Gasteiger partial charge in [0, 0.05) is 18.4 Å². The fourth-order valence-corrected chi connectivity index (χ4v) is 2.94. The Morgan fingerprint density at radius 1 is 1.40 bits per heavy atom. The Hall–Kier alpha value is -2.51. The second-order valence-electron chi connectivity index (χ2n) is 6.21. The highest BCUT2D eigenvalue weighted by Crippen LogP contribution is 2.26. The van der Waals surface area contributed by atoms with Gasteiger partial charge in [0.1, 0.15) is 17.9 Å². The molecular formula is C17H17F3N2O3. The molecule has 2 amide bonds. The summed E-state index contributed by atoms with van der Waals surface area (Å²) in [6.45, 7) is 0.172. The van der Waals surface area contributed by atoms with Crippen LogP contribution in [0.4, 0.5) is 13.2 Å². The van der Waals surface area contributed by atoms with Crippen molar-refractivity contribution in [2.75, 3.05) is 13.1 Å². The first-order chi connectivity index (χ1) is 11.7. The summed E-state index contributed by atoms with van der Waals surface area (Å²) < 4.78 is 43.0. The van der Waals surface area contributed by atoms with Crippen molar-refractivity contribution in [2.24, 2.45) is 5.92 Å². The van der Waals surface area contributed by atoms with Gasteiger partial charge < -0.3 is 14.6 Å². The number of rotatable bonds is 4. The van der Waals surface area contributed by atoms with E-state index < -0.39 is 36.5 Å². The second kappa shape index (κ2) is 6.42. The lowest BCUT2D eigenvalue weighted by atomic mass is 10.1. The van der Waals surface area contributed by atoms with Gasteiger partial charge in [-0.3, -0.25) is 9.59 Å². The maximum Gasteiger partial charge on any atom is 0.406 e. The summed E-state index contributed by atoms with van der Waals surface area (Å²) in [5.74, 6) is -1.35. The molecule has 0 saturated carbocycles. The minimum atomic E-state index is -4.47. The molecule has 1 aromatic carbocycles. The number of halogens is 3. The van der Waals surface area contributed by atoms with Gasteiger partial charge in [0.25, 0.3) is 0 Å². The molecule has 8 heteroatoms. The third-order valence-electron chi connectivity index (χ3n) is 4.19. The molecule has 1 N–H and O–H groups in total. The minimum Gasteiger partial charge on any atom is -0.459 e. The molecule has 1 saturated heterocycles. The number of nitrogens with zero attached hydrogens (tertiary/aromatic N) is 1. The molecule has 134 valence electrons. The number of alkyl halides is 3. The van der Waals surface area contributed by atoms with Crippen LogP contribution in [0.2, 0.25) is 0 Å². The number of carbonyl (C=O) groups excluding carboxylic acids is 2. The van der Waals surface area contributed by atoms with E-state index in [4.69, 9.17) is 4.42 Å². The maximum atomic E-state index is 12.4. The molecular weight excluding hydrogens is 337 g/mol. The summed E-state index contributed by atoms with van der Waals surface area (Å²) in [6.07, 6.45) is -4.68. The fraction of sp³-hybridized carbons (Fsp3) is 0.412. The number of carbonyl (C=O) groups is 2. The number of benzene rings is 1. The van der Waals surface area contributed by atoms with Crippen LogP contribution in [0, 0.1) is 5.92 Å². The van der Waals surface area contributed by atoms with Gasteiger partial charge in [-0.05, 0) is 19.1 Å². The van der Waals surface area contributed by atoms with Gasteiger partial charge in [-0.1, -0.05) is 18.2 Å². The highest BCUT2D eigenvalue weighted by atomic mass is 19.4. The molecule has 25 heavy (non-hydrogen) atoms. The summed E-state index contributed by atoms with van der Waals surface area (Å²) in [6, 6.07) is 8.73. The van der Waals surface area contributed by atoms with Crippen molar-refractivity contribution >= 4 is 22.8 Å². The molecule has 1 fully saturated rings. The van der Waals surface area contributed by atoms with Gasteiger partial charge >= 0.3 is 6.18 Å². The highest BCUT2D eigenvalue weighted by molar-refractivity contribution is 5.89. The Morgan fingerprint density at radius 2 is 2.12 bits per heavy atom. The quantitative estimate of drug-likeness (QED) is 0.918. The molecule has 0 bridgehead atoms. The molecule has 1 aromatic heterocycles. The third kappa shape index (κ3) is 3.94. The number of hydrogen-bond donors (Lipinski definition) is 1. The standard InChI is InChI=1S/C17H17F3N2O3/c1-10(14-6-11-4-2-3-5-13(11)25-14)21-16(24)12-7-15(23)22(8-12)9-17(18,19)20/h2-6,10,12H,7-9H2,1H3,(H,21,24)/t10-,12-/m1/s1. The molecule has 5 nitrogen and oxygen atoms in total. The molecule has 2 heterocycles. The lowest BCUT2D eigenvalue weighted by Gasteiger charge is -2.19. The van der Waals surface area contributed by atoms with Crippen LogP contribution < -0.4 is 5.32 Å². The van der Waals surface area contributed by atoms with Crippen LogP contribution in [0.25, 0.3) is 11.0 Å². The normalized spacial score (nSPS) is 19.4. The molecule has 0 unspecified atom stereocenters. The minimum absolute atomic E-state index is 0.214. The Balaban J connectivity index is 1.63. The van der Waals surface area contributed by atoms with Crippen LogP contribution in [0.15, 0.2) is 34.7 Å². The van der Waals surface area contributed by atoms with E-state index in [-0.39, 0.29) is 13.0 Å². The molecule has 0 aliphatic carbocycles. The van der Waals surface area contributed by atoms with Gasteiger partial charge in [0.05, 0.1) is 12.0 Å². The summed E-state index contributed by atoms with van der Waals surface area (Å²) in [5.41, 5.74) is 0.686. The Morgan fingerprint density at radius 3 is 2.80 bits per heavy atom. The molecule has 0 radical (unpaired) electrons. The summed E-state index contributed by atoms with van der Waals surface area (Å²) in [5, 5.41) is 3.60. The number of amides is 2. The van der Waals surface area contributed by atoms with Gasteiger partial charge in [0.2, 0.25) is 11.8 Å². The average molecular weight is 354 g/mol. The zero-order valence-corrected chi connectivity index (χ0v) is 13.5. The van der Waals surface area contributed by atoms with Crippen molar-refractivity contribution in [3.05, 3.63) is 36.1 Å². The number of fused-ring (bicyclic) bond motifs is 1. The first-order valence-electron chi connectivity index (χ1n) is 7.86. The van der Waals surface area contributed by atoms with Gasteiger partial charge in [-0.2, -0.15) is 13.2 Å². The maximum absolute atomic E-state index is 12.4. The predicted octanol–water partition coefficient (Wildman–Crippen LogP) is 3.02. The SMILES string of the molecule is C[C@@H](NC(=O)[C@@H]1CC(=O)N(CC(F)(F)F)C1)c1cc2ccccc2o1. The Bertz CT molecular complexity index is 767. The molecule has 3 rings (SSSR count). The monoisotopic (exact) mass is 354 g/mol. The number of hydrogen-bond acceptors (Lipinski definition) is 3. The number of para-hydroxylation sites is 1. The zero-order valence-electron chi connectivity index (χ0n) is 13.5. The van der Waals surface area contributed by atoms with E-state index in [1.807, 2.05) is 18.2 Å². The highest BCUT2D eigenvalue weighted by Gasteiger charge is 2.40. The fourth-order valence-electron chi connectivity index (χ4n) is 2.94. The second-order valence-corrected chi connectivity index (χ2v) is 6.21. The number of furan rings is 1. The molecule has 1 aliphatic heterocycles. The lowest BCUT2D eigenvalue weighted by Crippen LogP contribution is -2.37. The lowest BCUT2D eigenvalue weighted by molar-refractivity contribution is -0.157. The third-order valence-corrected chi connectivity index (χ3v) is 4.19. The Kier molecular flexibility index (Phi) is 4.45. The smallest absolute Gasteiger partial charge is 0.406 e. The molecule has 1 aliphatic rings. The van der Waals surface area contributed by atoms with Gasteiger partial charge in [0.15, 0.2) is 0 Å². The van der Waals surface area contributed by atoms with Crippen molar-refractivity contribution in [3.8, 4) is 0 Å². The van der Waals surface area contributed by atoms with Crippen molar-refractivity contribution in [3.63, 3.8) is 0 Å². The van der Waals surface area contributed by atoms with Crippen LogP contribution in [0.3, 0.4) is 0 Å². The van der Waals surface area contributed by atoms with Crippen LogP contribution in [0.5, 0.6) is 0 Å². The summed E-state index contributed by atoms with van der Waals surface area (Å²) in [4.78, 5) is 24.6. The van der Waals surface area contributed by atoms with E-state index >= 15 is 0 Å². The summed E-state index contributed by atoms with van der Waals surface area (Å²) in [7, 11) is 0. The topological polar surface area (TPSA) is 62.6 Å². The van der Waals surface area contributed by atoms with Crippen LogP contribution in [0.1, 0.15) is 25.1 Å². The number of nitrogens with one attached hydrogen (secondary N) is 1. The van der Waals surface area contributed by atoms with Crippen LogP contribution in [-0.2, 0) is 9.59 Å². The Labute approximate surface area is 141 Å². The largest absolute Gasteiger partial charge is 0.459 e. The zero-order chi connectivity index (χ0) is 18.2. The van der Waals surface area contributed by atoms with Crippen LogP contribution in [-0.4, -0.2) is 36.0 Å².